The number of carbonyl (C=O) groups excluding carboxylic acids is 1. The Labute approximate surface area is 116 Å². The number of nitrogens with zero attached hydrogens (tertiary/aromatic N) is 1. The van der Waals surface area contributed by atoms with Crippen LogP contribution in [0.1, 0.15) is 38.5 Å². The number of fused-ring (bicyclic) bond motifs is 5. The Morgan fingerprint density at radius 3 is 2.53 bits per heavy atom. The summed E-state index contributed by atoms with van der Waals surface area (Å²) in [6.45, 7) is 2.05. The summed E-state index contributed by atoms with van der Waals surface area (Å²) in [4.78, 5) is 14.6. The van der Waals surface area contributed by atoms with Crippen molar-refractivity contribution in [2.75, 3.05) is 20.1 Å². The van der Waals surface area contributed by atoms with Crippen LogP contribution in [0.3, 0.4) is 0 Å². The molecule has 3 nitrogen and oxygen atoms in total. The van der Waals surface area contributed by atoms with Gasteiger partial charge in [-0.1, -0.05) is 6.42 Å². The second-order valence-electron chi connectivity index (χ2n) is 7.38. The van der Waals surface area contributed by atoms with Crippen LogP contribution in [0.25, 0.3) is 0 Å². The molecule has 5 unspecified atom stereocenters. The van der Waals surface area contributed by atoms with E-state index in [0.29, 0.717) is 17.9 Å². The number of hydrogen-bond donors (Lipinski definition) is 1. The average molecular weight is 262 g/mol. The Morgan fingerprint density at radius 1 is 1.16 bits per heavy atom. The van der Waals surface area contributed by atoms with Gasteiger partial charge in [0.1, 0.15) is 0 Å². The Morgan fingerprint density at radius 2 is 1.89 bits per heavy atom. The monoisotopic (exact) mass is 262 g/mol. The Hall–Kier alpha value is -0.570. The maximum atomic E-state index is 12.6. The van der Waals surface area contributed by atoms with Crippen molar-refractivity contribution >= 4 is 5.91 Å². The van der Waals surface area contributed by atoms with Crippen molar-refractivity contribution in [1.82, 2.24) is 10.2 Å². The van der Waals surface area contributed by atoms with Gasteiger partial charge in [0.2, 0.25) is 5.91 Å². The molecule has 1 aliphatic heterocycles. The van der Waals surface area contributed by atoms with Gasteiger partial charge in [0.25, 0.3) is 0 Å². The Kier molecular flexibility index (Phi) is 2.87. The summed E-state index contributed by atoms with van der Waals surface area (Å²) >= 11 is 0. The van der Waals surface area contributed by atoms with Crippen LogP contribution in [0, 0.1) is 29.6 Å². The average Bonchev–Trinajstić information content (AvgIpc) is 2.86. The fourth-order valence-electron chi connectivity index (χ4n) is 5.41. The predicted molar refractivity (Wildman–Crippen MR) is 74.6 cm³/mol. The molecule has 0 spiro atoms. The van der Waals surface area contributed by atoms with Gasteiger partial charge in [-0.2, -0.15) is 0 Å². The highest BCUT2D eigenvalue weighted by Gasteiger charge is 2.67. The molecular formula is C16H26N2O. The third-order valence-electron chi connectivity index (χ3n) is 6.30. The van der Waals surface area contributed by atoms with Crippen LogP contribution in [0.5, 0.6) is 0 Å². The summed E-state index contributed by atoms with van der Waals surface area (Å²) < 4.78 is 0. The van der Waals surface area contributed by atoms with E-state index in [0.717, 1.165) is 36.8 Å². The molecule has 4 aliphatic rings. The molecule has 2 bridgehead atoms. The fraction of sp³-hybridized carbons (Fsp3) is 0.938. The van der Waals surface area contributed by atoms with Gasteiger partial charge in [0.05, 0.1) is 0 Å². The van der Waals surface area contributed by atoms with Crippen molar-refractivity contribution in [3.63, 3.8) is 0 Å². The van der Waals surface area contributed by atoms with Crippen molar-refractivity contribution in [2.45, 2.75) is 44.6 Å². The van der Waals surface area contributed by atoms with Gasteiger partial charge < -0.3 is 10.2 Å². The normalized spacial score (nSPS) is 47.0. The summed E-state index contributed by atoms with van der Waals surface area (Å²) in [5, 5.41) is 3.55. The maximum absolute atomic E-state index is 12.6. The molecule has 0 aromatic heterocycles. The van der Waals surface area contributed by atoms with Gasteiger partial charge in [0, 0.05) is 25.6 Å². The first-order valence-electron chi connectivity index (χ1n) is 8.24. The van der Waals surface area contributed by atoms with Gasteiger partial charge >= 0.3 is 0 Å². The molecule has 0 aromatic carbocycles. The van der Waals surface area contributed by atoms with Gasteiger partial charge in [-0.05, 0) is 62.3 Å². The van der Waals surface area contributed by atoms with Crippen molar-refractivity contribution in [1.29, 1.82) is 0 Å². The lowest BCUT2D eigenvalue weighted by atomic mass is 10.0. The van der Waals surface area contributed by atoms with Gasteiger partial charge in [-0.25, -0.2) is 0 Å². The number of piperidine rings is 1. The number of rotatable bonds is 3. The lowest BCUT2D eigenvalue weighted by molar-refractivity contribution is -0.132. The van der Waals surface area contributed by atoms with E-state index in [2.05, 4.69) is 5.32 Å². The topological polar surface area (TPSA) is 32.3 Å². The minimum absolute atomic E-state index is 0.417. The van der Waals surface area contributed by atoms with Gasteiger partial charge in [0.15, 0.2) is 0 Å². The van der Waals surface area contributed by atoms with Crippen LogP contribution in [-0.4, -0.2) is 37.0 Å². The molecule has 1 N–H and O–H groups in total. The van der Waals surface area contributed by atoms with E-state index >= 15 is 0 Å². The molecule has 0 radical (unpaired) electrons. The highest BCUT2D eigenvalue weighted by atomic mass is 16.2. The van der Waals surface area contributed by atoms with E-state index in [9.17, 15) is 4.79 Å². The Balaban J connectivity index is 1.34. The number of hydrogen-bond acceptors (Lipinski definition) is 2. The number of likely N-dealkylation sites (N-methyl/N-ethyl adjacent to an activating group) is 1. The first kappa shape index (κ1) is 12.2. The van der Waals surface area contributed by atoms with Crippen molar-refractivity contribution < 1.29 is 4.79 Å². The molecular weight excluding hydrogens is 236 g/mol. The van der Waals surface area contributed by atoms with Crippen LogP contribution in [0.2, 0.25) is 0 Å². The van der Waals surface area contributed by atoms with E-state index < -0.39 is 0 Å². The van der Waals surface area contributed by atoms with E-state index in [-0.39, 0.29) is 0 Å². The molecule has 1 heterocycles. The quantitative estimate of drug-likeness (QED) is 0.842. The van der Waals surface area contributed by atoms with Gasteiger partial charge in [-0.15, -0.1) is 0 Å². The second kappa shape index (κ2) is 4.47. The van der Waals surface area contributed by atoms with Gasteiger partial charge in [-0.3, -0.25) is 4.79 Å². The van der Waals surface area contributed by atoms with Crippen LogP contribution < -0.4 is 5.32 Å². The molecule has 1 saturated heterocycles. The summed E-state index contributed by atoms with van der Waals surface area (Å²) in [5.41, 5.74) is 0. The number of nitrogens with one attached hydrogen (secondary N) is 1. The lowest BCUT2D eigenvalue weighted by Crippen LogP contribution is -2.45. The van der Waals surface area contributed by atoms with Crippen molar-refractivity contribution in [2.24, 2.45) is 29.6 Å². The van der Waals surface area contributed by atoms with Crippen LogP contribution >= 0.6 is 0 Å². The minimum atomic E-state index is 0.417. The second-order valence-corrected chi connectivity index (χ2v) is 7.38. The smallest absolute Gasteiger partial charge is 0.226 e. The summed E-state index contributed by atoms with van der Waals surface area (Å²) in [5.74, 6) is 4.26. The maximum Gasteiger partial charge on any atom is 0.226 e. The third-order valence-corrected chi connectivity index (χ3v) is 6.30. The van der Waals surface area contributed by atoms with E-state index in [1.54, 1.807) is 0 Å². The van der Waals surface area contributed by atoms with Crippen LogP contribution in [0.4, 0.5) is 0 Å². The minimum Gasteiger partial charge on any atom is -0.344 e. The van der Waals surface area contributed by atoms with Crippen molar-refractivity contribution in [3.05, 3.63) is 0 Å². The molecule has 3 aliphatic carbocycles. The first-order chi connectivity index (χ1) is 9.25. The van der Waals surface area contributed by atoms with Crippen molar-refractivity contribution in [3.8, 4) is 0 Å². The molecule has 1 amide bonds. The summed E-state index contributed by atoms with van der Waals surface area (Å²) in [6.07, 6.45) is 8.10. The summed E-state index contributed by atoms with van der Waals surface area (Å²) in [6, 6.07) is 0.540. The molecule has 3 saturated carbocycles. The number of amides is 1. The standard InChI is InChI=1S/C16H26N2O/c1-18(9-12-4-2-3-7-17-12)16(19)15-13-10-5-6-11(8-10)14(13)15/h10-15,17H,2-9H2,1H3. The molecule has 106 valence electrons. The SMILES string of the molecule is CN(CC1CCCCN1)C(=O)C1C2C3CCC(C3)C12. The zero-order valence-corrected chi connectivity index (χ0v) is 12.0. The molecule has 4 fully saturated rings. The summed E-state index contributed by atoms with van der Waals surface area (Å²) in [7, 11) is 2.02. The highest BCUT2D eigenvalue weighted by Crippen LogP contribution is 2.69. The predicted octanol–water partition coefficient (Wildman–Crippen LogP) is 1.88. The first-order valence-corrected chi connectivity index (χ1v) is 8.24. The van der Waals surface area contributed by atoms with E-state index in [1.807, 2.05) is 11.9 Å². The highest BCUT2D eigenvalue weighted by molar-refractivity contribution is 5.82. The lowest BCUT2D eigenvalue weighted by Gasteiger charge is -2.28. The van der Waals surface area contributed by atoms with E-state index in [4.69, 9.17) is 0 Å². The number of carbonyl (C=O) groups is 1. The third kappa shape index (κ3) is 1.93. The molecule has 5 atom stereocenters. The molecule has 19 heavy (non-hydrogen) atoms. The van der Waals surface area contributed by atoms with Crippen LogP contribution in [0.15, 0.2) is 0 Å². The fourth-order valence-corrected chi connectivity index (χ4v) is 5.41. The zero-order chi connectivity index (χ0) is 13.0. The molecule has 3 heteroatoms. The molecule has 0 aromatic rings. The van der Waals surface area contributed by atoms with Crippen LogP contribution in [-0.2, 0) is 4.79 Å². The Bertz CT molecular complexity index is 361. The largest absolute Gasteiger partial charge is 0.344 e. The van der Waals surface area contributed by atoms with E-state index in [1.165, 1.54) is 38.5 Å². The molecule has 4 rings (SSSR count). The zero-order valence-electron chi connectivity index (χ0n) is 12.0.